The van der Waals surface area contributed by atoms with Gasteiger partial charge >= 0.3 is 5.69 Å². The van der Waals surface area contributed by atoms with Gasteiger partial charge in [0.2, 0.25) is 5.95 Å². The lowest BCUT2D eigenvalue weighted by Crippen LogP contribution is -2.47. The molecule has 5 rings (SSSR count). The molecule has 0 spiro atoms. The Morgan fingerprint density at radius 1 is 0.909 bits per heavy atom. The van der Waals surface area contributed by atoms with E-state index in [4.69, 9.17) is 16.6 Å². The maximum Gasteiger partial charge on any atom is 0.332 e. The van der Waals surface area contributed by atoms with E-state index in [1.54, 1.807) is 13.2 Å². The van der Waals surface area contributed by atoms with E-state index in [0.29, 0.717) is 28.7 Å². The molecule has 0 aliphatic carbocycles. The highest BCUT2D eigenvalue weighted by Crippen LogP contribution is 2.24. The molecule has 0 radical (unpaired) electrons. The SMILES string of the molecule is Cn1c(=O)c2c(nc(N3CCN(c4ccccn4)CC3)n2Cc2ccc(Cl)cc2)n(C)c1=O. The quantitative estimate of drug-likeness (QED) is 0.457. The van der Waals surface area contributed by atoms with Crippen LogP contribution in [-0.2, 0) is 20.6 Å². The minimum absolute atomic E-state index is 0.354. The Morgan fingerprint density at radius 3 is 2.27 bits per heavy atom. The Kier molecular flexibility index (Phi) is 5.41. The third-order valence-electron chi connectivity index (χ3n) is 6.12. The van der Waals surface area contributed by atoms with Crippen LogP contribution < -0.4 is 21.0 Å². The molecular formula is C23H24ClN7O2. The zero-order valence-electron chi connectivity index (χ0n) is 18.5. The largest absolute Gasteiger partial charge is 0.353 e. The molecule has 0 atom stereocenters. The first-order chi connectivity index (χ1) is 15.9. The fraction of sp³-hybridized carbons (Fsp3) is 0.304. The number of piperazine rings is 1. The van der Waals surface area contributed by atoms with Crippen molar-refractivity contribution in [3.8, 4) is 0 Å². The third kappa shape index (κ3) is 3.78. The van der Waals surface area contributed by atoms with Crippen molar-refractivity contribution in [2.75, 3.05) is 36.0 Å². The monoisotopic (exact) mass is 465 g/mol. The normalized spacial score (nSPS) is 14.3. The fourth-order valence-electron chi connectivity index (χ4n) is 4.27. The maximum absolute atomic E-state index is 13.1. The van der Waals surface area contributed by atoms with Crippen LogP contribution in [0.5, 0.6) is 0 Å². The number of imidazole rings is 1. The van der Waals surface area contributed by atoms with E-state index < -0.39 is 5.69 Å². The van der Waals surface area contributed by atoms with Gasteiger partial charge in [0, 0.05) is 51.5 Å². The summed E-state index contributed by atoms with van der Waals surface area (Å²) in [6.07, 6.45) is 1.80. The summed E-state index contributed by atoms with van der Waals surface area (Å²) >= 11 is 6.06. The lowest BCUT2D eigenvalue weighted by Gasteiger charge is -2.36. The van der Waals surface area contributed by atoms with Gasteiger partial charge in [-0.2, -0.15) is 4.98 Å². The van der Waals surface area contributed by atoms with E-state index >= 15 is 0 Å². The molecular weight excluding hydrogens is 442 g/mol. The van der Waals surface area contributed by atoms with Gasteiger partial charge in [-0.05, 0) is 29.8 Å². The van der Waals surface area contributed by atoms with Gasteiger partial charge in [0.25, 0.3) is 5.56 Å². The van der Waals surface area contributed by atoms with Crippen LogP contribution in [0.4, 0.5) is 11.8 Å². The van der Waals surface area contributed by atoms with Crippen molar-refractivity contribution < 1.29 is 0 Å². The topological polar surface area (TPSA) is 81.2 Å². The summed E-state index contributed by atoms with van der Waals surface area (Å²) in [5, 5.41) is 0.651. The van der Waals surface area contributed by atoms with Crippen LogP contribution in [0.3, 0.4) is 0 Å². The number of benzene rings is 1. The molecule has 1 aliphatic heterocycles. The lowest BCUT2D eigenvalue weighted by atomic mass is 10.2. The molecule has 0 bridgehead atoms. The number of fused-ring (bicyclic) bond motifs is 1. The van der Waals surface area contributed by atoms with Crippen LogP contribution in [0.1, 0.15) is 5.56 Å². The minimum atomic E-state index is -0.393. The zero-order valence-corrected chi connectivity index (χ0v) is 19.2. The Labute approximate surface area is 195 Å². The molecule has 1 aromatic carbocycles. The van der Waals surface area contributed by atoms with E-state index in [1.165, 1.54) is 11.6 Å². The summed E-state index contributed by atoms with van der Waals surface area (Å²) in [4.78, 5) is 39.3. The number of halogens is 1. The van der Waals surface area contributed by atoms with Gasteiger partial charge < -0.3 is 9.80 Å². The predicted octanol–water partition coefficient (Wildman–Crippen LogP) is 1.86. The summed E-state index contributed by atoms with van der Waals surface area (Å²) in [6, 6.07) is 13.4. The number of aryl methyl sites for hydroxylation is 1. The first kappa shape index (κ1) is 21.3. The first-order valence-corrected chi connectivity index (χ1v) is 11.1. The average molecular weight is 466 g/mol. The van der Waals surface area contributed by atoms with E-state index in [9.17, 15) is 9.59 Å². The van der Waals surface area contributed by atoms with Crippen molar-refractivity contribution in [2.45, 2.75) is 6.54 Å². The number of nitrogens with zero attached hydrogens (tertiary/aromatic N) is 7. The van der Waals surface area contributed by atoms with Crippen LogP contribution in [0, 0.1) is 0 Å². The van der Waals surface area contributed by atoms with Gasteiger partial charge in [-0.1, -0.05) is 29.8 Å². The average Bonchev–Trinajstić information content (AvgIpc) is 3.22. The van der Waals surface area contributed by atoms with Gasteiger partial charge in [-0.15, -0.1) is 0 Å². The summed E-state index contributed by atoms with van der Waals surface area (Å²) in [5.74, 6) is 1.63. The number of anilines is 2. The molecule has 4 heterocycles. The van der Waals surface area contributed by atoms with Gasteiger partial charge in [0.05, 0.1) is 6.54 Å². The third-order valence-corrected chi connectivity index (χ3v) is 6.37. The summed E-state index contributed by atoms with van der Waals surface area (Å²) in [7, 11) is 3.14. The molecule has 170 valence electrons. The highest BCUT2D eigenvalue weighted by molar-refractivity contribution is 6.30. The highest BCUT2D eigenvalue weighted by Gasteiger charge is 2.26. The van der Waals surface area contributed by atoms with Crippen molar-refractivity contribution in [1.82, 2.24) is 23.7 Å². The van der Waals surface area contributed by atoms with Gasteiger partial charge in [0.1, 0.15) is 5.82 Å². The Hall–Kier alpha value is -3.59. The van der Waals surface area contributed by atoms with Gasteiger partial charge in [-0.25, -0.2) is 9.78 Å². The number of rotatable bonds is 4. The number of pyridine rings is 1. The van der Waals surface area contributed by atoms with Crippen LogP contribution in [-0.4, -0.2) is 49.8 Å². The number of hydrogen-bond acceptors (Lipinski definition) is 6. The maximum atomic E-state index is 13.1. The van der Waals surface area contributed by atoms with E-state index in [2.05, 4.69) is 14.8 Å². The molecule has 1 fully saturated rings. The molecule has 1 aliphatic rings. The highest BCUT2D eigenvalue weighted by atomic mass is 35.5. The van der Waals surface area contributed by atoms with E-state index in [0.717, 1.165) is 42.1 Å². The molecule has 4 aromatic rings. The van der Waals surface area contributed by atoms with Crippen LogP contribution in [0.2, 0.25) is 5.02 Å². The molecule has 0 amide bonds. The van der Waals surface area contributed by atoms with Gasteiger partial charge in [-0.3, -0.25) is 18.5 Å². The van der Waals surface area contributed by atoms with E-state index in [1.807, 2.05) is 47.0 Å². The standard InChI is InChI=1S/C23H24ClN7O2/c1-27-20-19(21(32)28(2)23(27)33)31(15-16-6-8-17(24)9-7-16)22(26-20)30-13-11-29(12-14-30)18-5-3-4-10-25-18/h3-10H,11-15H2,1-2H3. The Bertz CT molecular complexity index is 1420. The lowest BCUT2D eigenvalue weighted by molar-refractivity contribution is 0.620. The van der Waals surface area contributed by atoms with Crippen LogP contribution in [0.25, 0.3) is 11.2 Å². The molecule has 3 aromatic heterocycles. The summed E-state index contributed by atoms with van der Waals surface area (Å²) in [5.41, 5.74) is 1.04. The smallest absolute Gasteiger partial charge is 0.332 e. The Morgan fingerprint density at radius 2 is 1.61 bits per heavy atom. The molecule has 10 heteroatoms. The van der Waals surface area contributed by atoms with Crippen molar-refractivity contribution in [2.24, 2.45) is 14.1 Å². The van der Waals surface area contributed by atoms with Crippen molar-refractivity contribution in [1.29, 1.82) is 0 Å². The second-order valence-corrected chi connectivity index (χ2v) is 8.60. The van der Waals surface area contributed by atoms with Crippen LogP contribution >= 0.6 is 11.6 Å². The number of aromatic nitrogens is 5. The minimum Gasteiger partial charge on any atom is -0.353 e. The van der Waals surface area contributed by atoms with Crippen molar-refractivity contribution in [3.05, 3.63) is 80.1 Å². The molecule has 9 nitrogen and oxygen atoms in total. The van der Waals surface area contributed by atoms with Crippen molar-refractivity contribution >= 4 is 34.5 Å². The fourth-order valence-corrected chi connectivity index (χ4v) is 4.40. The van der Waals surface area contributed by atoms with Crippen LogP contribution in [0.15, 0.2) is 58.3 Å². The molecule has 0 unspecified atom stereocenters. The Balaban J connectivity index is 1.57. The first-order valence-electron chi connectivity index (χ1n) is 10.8. The summed E-state index contributed by atoms with van der Waals surface area (Å²) in [6.45, 7) is 3.43. The van der Waals surface area contributed by atoms with Gasteiger partial charge in [0.15, 0.2) is 11.2 Å². The second-order valence-electron chi connectivity index (χ2n) is 8.16. The number of hydrogen-bond donors (Lipinski definition) is 0. The second kappa shape index (κ2) is 8.40. The predicted molar refractivity (Wildman–Crippen MR) is 129 cm³/mol. The van der Waals surface area contributed by atoms with E-state index in [-0.39, 0.29) is 5.56 Å². The van der Waals surface area contributed by atoms with Crippen molar-refractivity contribution in [3.63, 3.8) is 0 Å². The zero-order chi connectivity index (χ0) is 23.1. The molecule has 0 N–H and O–H groups in total. The summed E-state index contributed by atoms with van der Waals surface area (Å²) < 4.78 is 4.48. The molecule has 33 heavy (non-hydrogen) atoms. The molecule has 1 saturated heterocycles. The molecule has 0 saturated carbocycles.